The maximum atomic E-state index is 12.1. The van der Waals surface area contributed by atoms with Crippen LogP contribution in [0.5, 0.6) is 0 Å². The van der Waals surface area contributed by atoms with Crippen molar-refractivity contribution < 1.29 is 13.5 Å². The fraction of sp³-hybridized carbons (Fsp3) is 0.368. The molecule has 0 aliphatic carbocycles. The molecule has 25 heavy (non-hydrogen) atoms. The van der Waals surface area contributed by atoms with Crippen LogP contribution in [0, 0.1) is 6.92 Å². The summed E-state index contributed by atoms with van der Waals surface area (Å²) in [5.41, 5.74) is 3.00. The van der Waals surface area contributed by atoms with E-state index in [1.165, 1.54) is 18.4 Å². The van der Waals surface area contributed by atoms with Crippen LogP contribution in [0.25, 0.3) is 0 Å². The van der Waals surface area contributed by atoms with Crippen molar-refractivity contribution in [3.63, 3.8) is 0 Å². The fourth-order valence-corrected chi connectivity index (χ4v) is 3.35. The summed E-state index contributed by atoms with van der Waals surface area (Å²) in [6, 6.07) is 14.6. The van der Waals surface area contributed by atoms with Crippen LogP contribution in [0.1, 0.15) is 35.8 Å². The number of benzene rings is 2. The molecular weight excluding hydrogens is 336 g/mol. The van der Waals surface area contributed by atoms with Crippen LogP contribution < -0.4 is 5.32 Å². The zero-order chi connectivity index (χ0) is 18.6. The van der Waals surface area contributed by atoms with E-state index in [0.29, 0.717) is 6.54 Å². The predicted octanol–water partition coefficient (Wildman–Crippen LogP) is 2.63. The highest BCUT2D eigenvalue weighted by atomic mass is 32.2. The maximum absolute atomic E-state index is 12.1. The molecule has 6 heteroatoms. The topological polar surface area (TPSA) is 69.6 Å². The number of hydrogen-bond donors (Lipinski definition) is 2. The number of aryl methyl sites for hydroxylation is 1. The Morgan fingerprint density at radius 3 is 2.04 bits per heavy atom. The lowest BCUT2D eigenvalue weighted by Crippen LogP contribution is -2.25. The monoisotopic (exact) mass is 362 g/mol. The first-order valence-electron chi connectivity index (χ1n) is 8.22. The Kier molecular flexibility index (Phi) is 6.35. The SMILES string of the molecule is Cc1ccc([C@@H](O)CN[C@H](C)c2ccc(S(=O)(=O)N(C)C)cc2)cc1. The Balaban J connectivity index is 1.99. The van der Waals surface area contributed by atoms with Crippen LogP contribution in [0.2, 0.25) is 0 Å². The first-order valence-corrected chi connectivity index (χ1v) is 9.66. The molecule has 0 bridgehead atoms. The van der Waals surface area contributed by atoms with Gasteiger partial charge in [-0.3, -0.25) is 0 Å². The minimum Gasteiger partial charge on any atom is -0.387 e. The lowest BCUT2D eigenvalue weighted by molar-refractivity contribution is 0.171. The van der Waals surface area contributed by atoms with E-state index in [1.54, 1.807) is 24.3 Å². The molecule has 5 nitrogen and oxygen atoms in total. The summed E-state index contributed by atoms with van der Waals surface area (Å²) in [5, 5.41) is 13.6. The van der Waals surface area contributed by atoms with Crippen molar-refractivity contribution in [2.45, 2.75) is 30.9 Å². The van der Waals surface area contributed by atoms with Crippen LogP contribution >= 0.6 is 0 Å². The van der Waals surface area contributed by atoms with Crippen molar-refractivity contribution >= 4 is 10.0 Å². The van der Waals surface area contributed by atoms with Crippen molar-refractivity contribution in [1.82, 2.24) is 9.62 Å². The van der Waals surface area contributed by atoms with E-state index >= 15 is 0 Å². The van der Waals surface area contributed by atoms with Crippen LogP contribution in [-0.2, 0) is 10.0 Å². The molecule has 2 atom stereocenters. The van der Waals surface area contributed by atoms with E-state index in [2.05, 4.69) is 5.32 Å². The summed E-state index contributed by atoms with van der Waals surface area (Å²) in [6.45, 7) is 4.41. The molecule has 0 radical (unpaired) electrons. The third-order valence-electron chi connectivity index (χ3n) is 4.24. The highest BCUT2D eigenvalue weighted by Crippen LogP contribution is 2.19. The second kappa shape index (κ2) is 8.10. The summed E-state index contributed by atoms with van der Waals surface area (Å²) in [6.07, 6.45) is -0.587. The predicted molar refractivity (Wildman–Crippen MR) is 99.9 cm³/mol. The zero-order valence-corrected chi connectivity index (χ0v) is 15.9. The number of rotatable bonds is 7. The van der Waals surface area contributed by atoms with Gasteiger partial charge in [0.05, 0.1) is 11.0 Å². The molecule has 0 aliphatic rings. The summed E-state index contributed by atoms with van der Waals surface area (Å²) >= 11 is 0. The van der Waals surface area contributed by atoms with Gasteiger partial charge in [0, 0.05) is 26.7 Å². The highest BCUT2D eigenvalue weighted by molar-refractivity contribution is 7.89. The summed E-state index contributed by atoms with van der Waals surface area (Å²) < 4.78 is 25.4. The van der Waals surface area contributed by atoms with E-state index in [4.69, 9.17) is 0 Å². The van der Waals surface area contributed by atoms with E-state index in [-0.39, 0.29) is 10.9 Å². The fourth-order valence-electron chi connectivity index (χ4n) is 2.45. The van der Waals surface area contributed by atoms with Crippen molar-refractivity contribution in [3.8, 4) is 0 Å². The number of aliphatic hydroxyl groups is 1. The van der Waals surface area contributed by atoms with Gasteiger partial charge >= 0.3 is 0 Å². The van der Waals surface area contributed by atoms with Gasteiger partial charge in [0.25, 0.3) is 0 Å². The Morgan fingerprint density at radius 2 is 1.52 bits per heavy atom. The molecule has 0 saturated carbocycles. The maximum Gasteiger partial charge on any atom is 0.242 e. The van der Waals surface area contributed by atoms with E-state index in [9.17, 15) is 13.5 Å². The number of nitrogens with one attached hydrogen (secondary N) is 1. The molecule has 0 amide bonds. The number of sulfonamides is 1. The molecule has 0 unspecified atom stereocenters. The van der Waals surface area contributed by atoms with Crippen LogP contribution in [-0.4, -0.2) is 38.5 Å². The highest BCUT2D eigenvalue weighted by Gasteiger charge is 2.17. The van der Waals surface area contributed by atoms with Crippen molar-refractivity contribution in [3.05, 3.63) is 65.2 Å². The van der Waals surface area contributed by atoms with Crippen molar-refractivity contribution in [1.29, 1.82) is 0 Å². The minimum absolute atomic E-state index is 0.00351. The molecule has 2 aromatic rings. The Morgan fingerprint density at radius 1 is 1.00 bits per heavy atom. The van der Waals surface area contributed by atoms with Crippen LogP contribution in [0.3, 0.4) is 0 Å². The third kappa shape index (κ3) is 4.89. The average molecular weight is 362 g/mol. The summed E-state index contributed by atoms with van der Waals surface area (Å²) in [5.74, 6) is 0. The second-order valence-corrected chi connectivity index (χ2v) is 8.56. The molecule has 0 aliphatic heterocycles. The lowest BCUT2D eigenvalue weighted by Gasteiger charge is -2.18. The zero-order valence-electron chi connectivity index (χ0n) is 15.1. The summed E-state index contributed by atoms with van der Waals surface area (Å²) in [7, 11) is -0.384. The summed E-state index contributed by atoms with van der Waals surface area (Å²) in [4.78, 5) is 0.271. The Labute approximate surface area is 150 Å². The Hall–Kier alpha value is -1.73. The quantitative estimate of drug-likeness (QED) is 0.794. The molecule has 2 N–H and O–H groups in total. The molecule has 2 rings (SSSR count). The van der Waals surface area contributed by atoms with Crippen LogP contribution in [0.15, 0.2) is 53.4 Å². The van der Waals surface area contributed by atoms with Crippen molar-refractivity contribution in [2.24, 2.45) is 0 Å². The van der Waals surface area contributed by atoms with Gasteiger partial charge in [-0.15, -0.1) is 0 Å². The molecule has 2 aromatic carbocycles. The van der Waals surface area contributed by atoms with E-state index in [0.717, 1.165) is 16.7 Å². The Bertz CT molecular complexity index is 784. The first-order chi connectivity index (χ1) is 11.7. The molecule has 0 aromatic heterocycles. The minimum atomic E-state index is -3.41. The molecule has 0 fully saturated rings. The second-order valence-electron chi connectivity index (χ2n) is 6.41. The molecular formula is C19H26N2O3S. The van der Waals surface area contributed by atoms with Gasteiger partial charge in [0.2, 0.25) is 10.0 Å². The van der Waals surface area contributed by atoms with E-state index in [1.807, 2.05) is 38.1 Å². The molecule has 136 valence electrons. The first kappa shape index (κ1) is 19.6. The third-order valence-corrected chi connectivity index (χ3v) is 6.07. The largest absolute Gasteiger partial charge is 0.387 e. The normalized spacial score (nSPS) is 14.5. The van der Waals surface area contributed by atoms with Crippen LogP contribution in [0.4, 0.5) is 0 Å². The van der Waals surface area contributed by atoms with E-state index < -0.39 is 16.1 Å². The number of hydrogen-bond acceptors (Lipinski definition) is 4. The van der Waals surface area contributed by atoms with Gasteiger partial charge in [-0.2, -0.15) is 0 Å². The smallest absolute Gasteiger partial charge is 0.242 e. The standard InChI is InChI=1S/C19H26N2O3S/c1-14-5-7-17(8-6-14)19(22)13-20-15(2)16-9-11-18(12-10-16)25(23,24)21(3)4/h5-12,15,19-20,22H,13H2,1-4H3/t15-,19+/m1/s1. The molecule has 0 spiro atoms. The lowest BCUT2D eigenvalue weighted by atomic mass is 10.1. The van der Waals surface area contributed by atoms with Gasteiger partial charge in [-0.05, 0) is 37.1 Å². The van der Waals surface area contributed by atoms with Gasteiger partial charge in [-0.1, -0.05) is 42.0 Å². The van der Waals surface area contributed by atoms with Gasteiger partial charge in [-0.25, -0.2) is 12.7 Å². The van der Waals surface area contributed by atoms with Gasteiger partial charge in [0.15, 0.2) is 0 Å². The number of aliphatic hydroxyl groups excluding tert-OH is 1. The molecule has 0 saturated heterocycles. The average Bonchev–Trinajstić information content (AvgIpc) is 2.60. The number of nitrogens with zero attached hydrogens (tertiary/aromatic N) is 1. The van der Waals surface area contributed by atoms with Crippen molar-refractivity contribution in [2.75, 3.05) is 20.6 Å². The van der Waals surface area contributed by atoms with Gasteiger partial charge < -0.3 is 10.4 Å². The molecule has 0 heterocycles. The van der Waals surface area contributed by atoms with Gasteiger partial charge in [0.1, 0.15) is 0 Å².